The number of rotatable bonds is 20. The molecule has 0 unspecified atom stereocenters. The Morgan fingerprint density at radius 1 is 0.464 bits per heavy atom. The van der Waals surface area contributed by atoms with Crippen LogP contribution in [0, 0.1) is 0 Å². The summed E-state index contributed by atoms with van der Waals surface area (Å²) in [5.41, 5.74) is 0. The molecule has 4 heteroatoms. The van der Waals surface area contributed by atoms with E-state index in [9.17, 15) is 9.59 Å². The molecule has 0 fully saturated rings. The molecule has 168 valence electrons. The van der Waals surface area contributed by atoms with Crippen molar-refractivity contribution in [2.45, 2.75) is 117 Å². The van der Waals surface area contributed by atoms with Crippen molar-refractivity contribution in [1.29, 1.82) is 0 Å². The molecule has 0 aliphatic heterocycles. The first-order chi connectivity index (χ1) is 13.5. The van der Waals surface area contributed by atoms with E-state index in [2.05, 4.69) is 10.6 Å². The van der Waals surface area contributed by atoms with Crippen LogP contribution in [-0.2, 0) is 9.59 Å². The number of ketones is 2. The number of unbranched alkanes of at least 4 members (excludes halogenated alkanes) is 12. The van der Waals surface area contributed by atoms with Gasteiger partial charge in [-0.15, -0.1) is 0 Å². The Morgan fingerprint density at radius 3 is 0.964 bits per heavy atom. The highest BCUT2D eigenvalue weighted by molar-refractivity contribution is 5.75. The van der Waals surface area contributed by atoms with Gasteiger partial charge in [0.15, 0.2) is 0 Å². The lowest BCUT2D eigenvalue weighted by atomic mass is 10.1. The fourth-order valence-corrected chi connectivity index (χ4v) is 3.12. The van der Waals surface area contributed by atoms with Gasteiger partial charge in [-0.3, -0.25) is 0 Å². The van der Waals surface area contributed by atoms with Crippen molar-refractivity contribution in [3.8, 4) is 0 Å². The highest BCUT2D eigenvalue weighted by Gasteiger charge is 1.95. The molecule has 0 radical (unpaired) electrons. The number of hydrogen-bond acceptors (Lipinski definition) is 4. The smallest absolute Gasteiger partial charge is 0.129 e. The molecule has 0 rings (SSSR count). The second-order valence-electron chi connectivity index (χ2n) is 8.06. The summed E-state index contributed by atoms with van der Waals surface area (Å²) < 4.78 is 0. The molecule has 0 aromatic heterocycles. The number of hydrogen-bond donors (Lipinski definition) is 2. The summed E-state index contributed by atoms with van der Waals surface area (Å²) in [7, 11) is 4.00. The molecule has 4 nitrogen and oxygen atoms in total. The molecular formula is C24H50N2O2. The van der Waals surface area contributed by atoms with Gasteiger partial charge in [0.25, 0.3) is 0 Å². The van der Waals surface area contributed by atoms with Crippen LogP contribution in [0.25, 0.3) is 0 Å². The van der Waals surface area contributed by atoms with Crippen molar-refractivity contribution in [3.05, 3.63) is 0 Å². The SMILES string of the molecule is CNCCCCCCCC(C)=O.CNCCCCCCCCCCCC(C)=O. The maximum Gasteiger partial charge on any atom is 0.129 e. The van der Waals surface area contributed by atoms with Gasteiger partial charge in [0.05, 0.1) is 0 Å². The summed E-state index contributed by atoms with van der Waals surface area (Å²) in [4.78, 5) is 21.3. The van der Waals surface area contributed by atoms with Gasteiger partial charge in [0.1, 0.15) is 11.6 Å². The molecule has 0 heterocycles. The van der Waals surface area contributed by atoms with Crippen LogP contribution in [0.15, 0.2) is 0 Å². The third-order valence-electron chi connectivity index (χ3n) is 4.91. The van der Waals surface area contributed by atoms with E-state index in [1.165, 1.54) is 77.0 Å². The second-order valence-corrected chi connectivity index (χ2v) is 8.06. The summed E-state index contributed by atoms with van der Waals surface area (Å²) in [6.07, 6.45) is 19.5. The Bertz CT molecular complexity index is 333. The maximum absolute atomic E-state index is 10.7. The first kappa shape index (κ1) is 29.5. The summed E-state index contributed by atoms with van der Waals surface area (Å²) in [6, 6.07) is 0. The van der Waals surface area contributed by atoms with E-state index in [1.807, 2.05) is 14.1 Å². The van der Waals surface area contributed by atoms with E-state index in [4.69, 9.17) is 0 Å². The van der Waals surface area contributed by atoms with Crippen molar-refractivity contribution in [2.75, 3.05) is 27.2 Å². The zero-order chi connectivity index (χ0) is 21.3. The molecule has 0 spiro atoms. The van der Waals surface area contributed by atoms with Crippen molar-refractivity contribution >= 4 is 11.6 Å². The van der Waals surface area contributed by atoms with Gasteiger partial charge >= 0.3 is 0 Å². The highest BCUT2D eigenvalue weighted by atomic mass is 16.1. The van der Waals surface area contributed by atoms with Gasteiger partial charge in [-0.1, -0.05) is 64.2 Å². The van der Waals surface area contributed by atoms with E-state index in [-0.39, 0.29) is 0 Å². The van der Waals surface area contributed by atoms with Crippen LogP contribution in [0.3, 0.4) is 0 Å². The lowest BCUT2D eigenvalue weighted by molar-refractivity contribution is -0.117. The van der Waals surface area contributed by atoms with Gasteiger partial charge in [-0.2, -0.15) is 0 Å². The topological polar surface area (TPSA) is 58.2 Å². The van der Waals surface area contributed by atoms with Gasteiger partial charge < -0.3 is 20.2 Å². The first-order valence-electron chi connectivity index (χ1n) is 11.8. The van der Waals surface area contributed by atoms with E-state index >= 15 is 0 Å². The zero-order valence-corrected chi connectivity index (χ0v) is 19.5. The number of nitrogens with one attached hydrogen (secondary N) is 2. The zero-order valence-electron chi connectivity index (χ0n) is 19.5. The summed E-state index contributed by atoms with van der Waals surface area (Å²) in [5, 5.41) is 6.30. The van der Waals surface area contributed by atoms with Crippen LogP contribution in [0.2, 0.25) is 0 Å². The standard InChI is InChI=1S/C14H29NO.C10H21NO/c1-14(16)12-10-8-6-4-3-5-7-9-11-13-15-2;1-10(12)8-6-4-3-5-7-9-11-2/h15H,3-13H2,1-2H3;11H,3-9H2,1-2H3. The van der Waals surface area contributed by atoms with Crippen molar-refractivity contribution < 1.29 is 9.59 Å². The number of carbonyl (C=O) groups is 2. The summed E-state index contributed by atoms with van der Waals surface area (Å²) in [6.45, 7) is 5.63. The van der Waals surface area contributed by atoms with Crippen molar-refractivity contribution in [3.63, 3.8) is 0 Å². The Morgan fingerprint density at radius 2 is 0.714 bits per heavy atom. The lowest BCUT2D eigenvalue weighted by Crippen LogP contribution is -2.06. The number of carbonyl (C=O) groups excluding carboxylic acids is 2. The van der Waals surface area contributed by atoms with Gasteiger partial charge in [0.2, 0.25) is 0 Å². The monoisotopic (exact) mass is 398 g/mol. The molecule has 0 aliphatic carbocycles. The Labute approximate surface area is 176 Å². The van der Waals surface area contributed by atoms with Crippen molar-refractivity contribution in [1.82, 2.24) is 10.6 Å². The molecule has 0 bridgehead atoms. The van der Waals surface area contributed by atoms with Crippen LogP contribution in [0.1, 0.15) is 117 Å². The molecular weight excluding hydrogens is 348 g/mol. The fourth-order valence-electron chi connectivity index (χ4n) is 3.12. The Kier molecular flexibility index (Phi) is 27.6. The average molecular weight is 399 g/mol. The highest BCUT2D eigenvalue weighted by Crippen LogP contribution is 2.10. The summed E-state index contributed by atoms with van der Waals surface area (Å²) in [5.74, 6) is 0.662. The molecule has 0 aliphatic rings. The minimum atomic E-state index is 0.324. The quantitative estimate of drug-likeness (QED) is 0.253. The molecule has 0 aromatic carbocycles. The van der Waals surface area contributed by atoms with E-state index in [0.717, 1.165) is 38.8 Å². The third kappa shape index (κ3) is 32.9. The molecule has 28 heavy (non-hydrogen) atoms. The van der Waals surface area contributed by atoms with Crippen LogP contribution >= 0.6 is 0 Å². The van der Waals surface area contributed by atoms with Crippen LogP contribution in [0.5, 0.6) is 0 Å². The minimum absolute atomic E-state index is 0.324. The van der Waals surface area contributed by atoms with Gasteiger partial charge in [-0.25, -0.2) is 0 Å². The fraction of sp³-hybridized carbons (Fsp3) is 0.917. The van der Waals surface area contributed by atoms with Crippen LogP contribution in [0.4, 0.5) is 0 Å². The van der Waals surface area contributed by atoms with Gasteiger partial charge in [-0.05, 0) is 66.7 Å². The molecule has 0 aromatic rings. The Hall–Kier alpha value is -0.740. The van der Waals surface area contributed by atoms with E-state index < -0.39 is 0 Å². The number of Topliss-reactive ketones (excluding diaryl/α,β-unsaturated/α-hetero) is 2. The molecule has 0 saturated heterocycles. The second kappa shape index (κ2) is 26.3. The minimum Gasteiger partial charge on any atom is -0.320 e. The summed E-state index contributed by atoms with van der Waals surface area (Å²) >= 11 is 0. The van der Waals surface area contributed by atoms with Crippen molar-refractivity contribution in [2.24, 2.45) is 0 Å². The maximum atomic E-state index is 10.7. The lowest BCUT2D eigenvalue weighted by Gasteiger charge is -2.02. The first-order valence-corrected chi connectivity index (χ1v) is 11.8. The molecule has 0 atom stereocenters. The predicted octanol–water partition coefficient (Wildman–Crippen LogP) is 5.83. The predicted molar refractivity (Wildman–Crippen MR) is 123 cm³/mol. The Balaban J connectivity index is 0. The van der Waals surface area contributed by atoms with Gasteiger partial charge in [0, 0.05) is 12.8 Å². The van der Waals surface area contributed by atoms with Crippen LogP contribution in [-0.4, -0.2) is 38.8 Å². The molecule has 2 N–H and O–H groups in total. The normalized spacial score (nSPS) is 10.4. The van der Waals surface area contributed by atoms with E-state index in [1.54, 1.807) is 13.8 Å². The largest absolute Gasteiger partial charge is 0.320 e. The third-order valence-corrected chi connectivity index (χ3v) is 4.91. The molecule has 0 amide bonds. The van der Waals surface area contributed by atoms with E-state index in [0.29, 0.717) is 11.6 Å². The van der Waals surface area contributed by atoms with Crippen LogP contribution < -0.4 is 10.6 Å². The molecule has 0 saturated carbocycles. The average Bonchev–Trinajstić information content (AvgIpc) is 2.65.